The lowest BCUT2D eigenvalue weighted by Gasteiger charge is -2.21. The van der Waals surface area contributed by atoms with Gasteiger partial charge in [-0.15, -0.1) is 5.10 Å². The number of hydrogen-bond donors (Lipinski definition) is 1. The van der Waals surface area contributed by atoms with Gasteiger partial charge < -0.3 is 14.7 Å². The zero-order chi connectivity index (χ0) is 18.0. The van der Waals surface area contributed by atoms with Crippen molar-refractivity contribution in [3.63, 3.8) is 0 Å². The van der Waals surface area contributed by atoms with Crippen LogP contribution in [-0.2, 0) is 9.53 Å². The molecule has 1 aromatic heterocycles. The lowest BCUT2D eigenvalue weighted by Crippen LogP contribution is -2.37. The summed E-state index contributed by atoms with van der Waals surface area (Å²) in [4.78, 5) is 26.4. The minimum atomic E-state index is -0.977. The first-order valence-corrected chi connectivity index (χ1v) is 7.71. The zero-order valence-electron chi connectivity index (χ0n) is 13.5. The monoisotopic (exact) mass is 348 g/mol. The van der Waals surface area contributed by atoms with Gasteiger partial charge in [0.1, 0.15) is 5.82 Å². The number of aromatic nitrogens is 3. The van der Waals surface area contributed by atoms with Crippen LogP contribution in [0, 0.1) is 5.82 Å². The molecule has 0 saturated carbocycles. The average molecular weight is 348 g/mol. The van der Waals surface area contributed by atoms with Gasteiger partial charge in [0.15, 0.2) is 5.69 Å². The van der Waals surface area contributed by atoms with Crippen molar-refractivity contribution < 1.29 is 23.8 Å². The van der Waals surface area contributed by atoms with Crippen molar-refractivity contribution in [1.82, 2.24) is 19.9 Å². The van der Waals surface area contributed by atoms with Crippen molar-refractivity contribution in [2.24, 2.45) is 0 Å². The first-order chi connectivity index (χ1) is 12.0. The number of halogens is 1. The first-order valence-electron chi connectivity index (χ1n) is 7.71. The van der Waals surface area contributed by atoms with Crippen LogP contribution in [0.2, 0.25) is 0 Å². The number of rotatable bonds is 5. The molecule has 9 heteroatoms. The van der Waals surface area contributed by atoms with Crippen molar-refractivity contribution >= 4 is 11.9 Å². The summed E-state index contributed by atoms with van der Waals surface area (Å²) in [6.45, 7) is 0.302. The van der Waals surface area contributed by atoms with Crippen molar-refractivity contribution in [2.75, 3.05) is 13.7 Å². The van der Waals surface area contributed by atoms with Crippen molar-refractivity contribution in [1.29, 1.82) is 0 Å². The highest BCUT2D eigenvalue weighted by atomic mass is 19.1. The normalized spacial score (nSPS) is 20.0. The number of nitrogens with zero attached hydrogens (tertiary/aromatic N) is 4. The standard InChI is InChI=1S/C16H17FN4O4/c1-25-13-6-12(7-15(22)23)20(9-13)16(24)14-8-18-21(19-14)11-4-2-10(17)3-5-11/h2-5,8,12-13H,6-7,9H2,1H3,(H,22,23). The van der Waals surface area contributed by atoms with Crippen molar-refractivity contribution in [3.8, 4) is 5.69 Å². The maximum absolute atomic E-state index is 13.0. The fraction of sp³-hybridized carbons (Fsp3) is 0.375. The molecule has 2 heterocycles. The highest BCUT2D eigenvalue weighted by Crippen LogP contribution is 2.24. The number of amides is 1. The van der Waals surface area contributed by atoms with E-state index < -0.39 is 17.9 Å². The van der Waals surface area contributed by atoms with E-state index in [4.69, 9.17) is 9.84 Å². The number of aliphatic carboxylic acids is 1. The molecule has 1 fully saturated rings. The molecule has 2 aromatic rings. The van der Waals surface area contributed by atoms with Crippen LogP contribution in [0.1, 0.15) is 23.3 Å². The number of carbonyl (C=O) groups is 2. The third-order valence-corrected chi connectivity index (χ3v) is 4.15. The molecule has 132 valence electrons. The van der Waals surface area contributed by atoms with Crippen LogP contribution in [0.15, 0.2) is 30.5 Å². The van der Waals surface area contributed by atoms with Crippen LogP contribution >= 0.6 is 0 Å². The number of carbonyl (C=O) groups excluding carboxylic acids is 1. The number of likely N-dealkylation sites (tertiary alicyclic amines) is 1. The topological polar surface area (TPSA) is 97.5 Å². The van der Waals surface area contributed by atoms with Gasteiger partial charge in [0, 0.05) is 19.7 Å². The fourth-order valence-corrected chi connectivity index (χ4v) is 2.90. The molecular weight excluding hydrogens is 331 g/mol. The van der Waals surface area contributed by atoms with Crippen molar-refractivity contribution in [3.05, 3.63) is 42.0 Å². The van der Waals surface area contributed by atoms with Gasteiger partial charge in [-0.1, -0.05) is 0 Å². The minimum Gasteiger partial charge on any atom is -0.481 e. The molecule has 25 heavy (non-hydrogen) atoms. The second kappa shape index (κ2) is 6.98. The summed E-state index contributed by atoms with van der Waals surface area (Å²) in [6.07, 6.45) is 1.41. The summed E-state index contributed by atoms with van der Waals surface area (Å²) in [5.41, 5.74) is 0.607. The third-order valence-electron chi connectivity index (χ3n) is 4.15. The summed E-state index contributed by atoms with van der Waals surface area (Å²) in [5.74, 6) is -1.76. The van der Waals surface area contributed by atoms with Crippen molar-refractivity contribution in [2.45, 2.75) is 25.0 Å². The predicted octanol–water partition coefficient (Wildman–Crippen LogP) is 1.11. The summed E-state index contributed by atoms with van der Waals surface area (Å²) in [7, 11) is 1.53. The van der Waals surface area contributed by atoms with Crippen LogP contribution in [0.5, 0.6) is 0 Å². The smallest absolute Gasteiger partial charge is 0.305 e. The SMILES string of the molecule is COC1CC(CC(=O)O)N(C(=O)c2cnn(-c3ccc(F)cc3)n2)C1. The van der Waals surface area contributed by atoms with E-state index in [-0.39, 0.29) is 24.0 Å². The summed E-state index contributed by atoms with van der Waals surface area (Å²) >= 11 is 0. The molecule has 0 aliphatic carbocycles. The van der Waals surface area contributed by atoms with Gasteiger partial charge in [0.05, 0.1) is 24.4 Å². The van der Waals surface area contributed by atoms with Crippen LogP contribution in [0.4, 0.5) is 4.39 Å². The molecule has 0 radical (unpaired) electrons. The van der Waals surface area contributed by atoms with E-state index in [0.717, 1.165) is 0 Å². The Kier molecular flexibility index (Phi) is 4.75. The number of carboxylic acid groups (broad SMARTS) is 1. The molecule has 1 amide bonds. The molecule has 1 aliphatic heterocycles. The molecule has 1 saturated heterocycles. The number of ether oxygens (including phenoxy) is 1. The van der Waals surface area contributed by atoms with Gasteiger partial charge in [-0.2, -0.15) is 9.90 Å². The molecule has 0 spiro atoms. The molecular formula is C16H17FN4O4. The number of carboxylic acids is 1. The van der Waals surface area contributed by atoms with E-state index in [0.29, 0.717) is 18.7 Å². The highest BCUT2D eigenvalue weighted by molar-refractivity contribution is 5.92. The quantitative estimate of drug-likeness (QED) is 0.869. The van der Waals surface area contributed by atoms with E-state index in [1.807, 2.05) is 0 Å². The number of methoxy groups -OCH3 is 1. The van der Waals surface area contributed by atoms with E-state index in [9.17, 15) is 14.0 Å². The van der Waals surface area contributed by atoms with Crippen LogP contribution in [0.25, 0.3) is 5.69 Å². The second-order valence-corrected chi connectivity index (χ2v) is 5.80. The molecule has 2 atom stereocenters. The average Bonchev–Trinajstić information content (AvgIpc) is 3.21. The summed E-state index contributed by atoms with van der Waals surface area (Å²) < 4.78 is 18.2. The Morgan fingerprint density at radius 1 is 1.36 bits per heavy atom. The Bertz CT molecular complexity index is 777. The first kappa shape index (κ1) is 17.0. The maximum atomic E-state index is 13.0. The zero-order valence-corrected chi connectivity index (χ0v) is 13.5. The summed E-state index contributed by atoms with van der Waals surface area (Å²) in [6, 6.07) is 5.08. The summed E-state index contributed by atoms with van der Waals surface area (Å²) in [5, 5.41) is 17.2. The Hall–Kier alpha value is -2.81. The molecule has 1 N–H and O–H groups in total. The Morgan fingerprint density at radius 2 is 2.08 bits per heavy atom. The fourth-order valence-electron chi connectivity index (χ4n) is 2.90. The minimum absolute atomic E-state index is 0.0940. The van der Waals surface area contributed by atoms with Gasteiger partial charge in [-0.05, 0) is 30.7 Å². The second-order valence-electron chi connectivity index (χ2n) is 5.80. The van der Waals surface area contributed by atoms with Gasteiger partial charge in [0.2, 0.25) is 0 Å². The molecule has 0 bridgehead atoms. The highest BCUT2D eigenvalue weighted by Gasteiger charge is 2.37. The Labute approximate surface area is 142 Å². The van der Waals surface area contributed by atoms with Crippen LogP contribution in [-0.4, -0.2) is 62.7 Å². The van der Waals surface area contributed by atoms with E-state index in [2.05, 4.69) is 10.2 Å². The van der Waals surface area contributed by atoms with Gasteiger partial charge in [-0.25, -0.2) is 4.39 Å². The lowest BCUT2D eigenvalue weighted by atomic mass is 10.1. The van der Waals surface area contributed by atoms with E-state index >= 15 is 0 Å². The Balaban J connectivity index is 1.80. The van der Waals surface area contributed by atoms with Gasteiger partial charge >= 0.3 is 5.97 Å². The van der Waals surface area contributed by atoms with Crippen LogP contribution in [0.3, 0.4) is 0 Å². The number of hydrogen-bond acceptors (Lipinski definition) is 5. The molecule has 8 nitrogen and oxygen atoms in total. The van der Waals surface area contributed by atoms with Gasteiger partial charge in [0.25, 0.3) is 5.91 Å². The van der Waals surface area contributed by atoms with E-state index in [1.54, 1.807) is 0 Å². The largest absolute Gasteiger partial charge is 0.481 e. The molecule has 3 rings (SSSR count). The molecule has 2 unspecified atom stereocenters. The van der Waals surface area contributed by atoms with Gasteiger partial charge in [-0.3, -0.25) is 9.59 Å². The maximum Gasteiger partial charge on any atom is 0.305 e. The van der Waals surface area contributed by atoms with E-state index in [1.165, 1.54) is 47.3 Å². The van der Waals surface area contributed by atoms with Crippen LogP contribution < -0.4 is 0 Å². The Morgan fingerprint density at radius 3 is 2.72 bits per heavy atom. The molecule has 1 aliphatic rings. The number of benzene rings is 1. The molecule has 1 aromatic carbocycles. The predicted molar refractivity (Wildman–Crippen MR) is 83.8 cm³/mol. The third kappa shape index (κ3) is 3.66. The lowest BCUT2D eigenvalue weighted by molar-refractivity contribution is -0.138.